The van der Waals surface area contributed by atoms with Crippen molar-refractivity contribution in [3.8, 4) is 0 Å². The van der Waals surface area contributed by atoms with E-state index in [1.54, 1.807) is 6.08 Å². The predicted octanol–water partition coefficient (Wildman–Crippen LogP) is 2.63. The van der Waals surface area contributed by atoms with Gasteiger partial charge in [-0.3, -0.25) is 4.90 Å². The molecule has 2 rings (SSSR count). The Morgan fingerprint density at radius 1 is 1.26 bits per heavy atom. The van der Waals surface area contributed by atoms with Crippen molar-refractivity contribution in [1.29, 1.82) is 0 Å². The van der Waals surface area contributed by atoms with Gasteiger partial charge in [-0.2, -0.15) is 0 Å². The molecule has 0 radical (unpaired) electrons. The molecule has 0 aromatic heterocycles. The van der Waals surface area contributed by atoms with Gasteiger partial charge in [-0.15, -0.1) is 6.58 Å². The topological polar surface area (TPSA) is 15.3 Å². The van der Waals surface area contributed by atoms with Crippen LogP contribution in [0.1, 0.15) is 18.0 Å². The molecule has 104 valence electrons. The SMILES string of the molecule is C=CC[C@@H](c1cc(F)cc(F)c1F)N1CCNCC1. The first-order valence-electron chi connectivity index (χ1n) is 6.33. The fourth-order valence-corrected chi connectivity index (χ4v) is 2.44. The number of hydrogen-bond acceptors (Lipinski definition) is 2. The van der Waals surface area contributed by atoms with E-state index in [9.17, 15) is 13.2 Å². The molecule has 1 N–H and O–H groups in total. The summed E-state index contributed by atoms with van der Waals surface area (Å²) in [7, 11) is 0. The molecular weight excluding hydrogens is 253 g/mol. The Hall–Kier alpha value is -1.33. The first-order chi connectivity index (χ1) is 9.13. The van der Waals surface area contributed by atoms with E-state index in [2.05, 4.69) is 11.9 Å². The molecule has 1 aromatic carbocycles. The Morgan fingerprint density at radius 2 is 1.95 bits per heavy atom. The highest BCUT2D eigenvalue weighted by Gasteiger charge is 2.25. The average Bonchev–Trinajstić information content (AvgIpc) is 2.41. The highest BCUT2D eigenvalue weighted by molar-refractivity contribution is 5.24. The van der Waals surface area contributed by atoms with E-state index in [1.165, 1.54) is 0 Å². The van der Waals surface area contributed by atoms with Gasteiger partial charge in [-0.1, -0.05) is 6.08 Å². The fraction of sp³-hybridized carbons (Fsp3) is 0.429. The van der Waals surface area contributed by atoms with Crippen LogP contribution in [-0.2, 0) is 0 Å². The van der Waals surface area contributed by atoms with Crippen molar-refractivity contribution in [2.24, 2.45) is 0 Å². The molecule has 2 nitrogen and oxygen atoms in total. The largest absolute Gasteiger partial charge is 0.314 e. The van der Waals surface area contributed by atoms with Crippen molar-refractivity contribution in [1.82, 2.24) is 10.2 Å². The first kappa shape index (κ1) is 14.1. The lowest BCUT2D eigenvalue weighted by Crippen LogP contribution is -2.45. The standard InChI is InChI=1S/C14H17F3N2/c1-2-3-13(19-6-4-18-5-7-19)11-8-10(15)9-12(16)14(11)17/h2,8-9,13,18H,1,3-7H2/t13-/m0/s1. The van der Waals surface area contributed by atoms with E-state index in [0.29, 0.717) is 12.5 Å². The van der Waals surface area contributed by atoms with Crippen LogP contribution in [0.5, 0.6) is 0 Å². The van der Waals surface area contributed by atoms with Crippen LogP contribution < -0.4 is 5.32 Å². The molecule has 1 heterocycles. The van der Waals surface area contributed by atoms with E-state index < -0.39 is 17.5 Å². The molecule has 0 saturated carbocycles. The van der Waals surface area contributed by atoms with Crippen molar-refractivity contribution >= 4 is 0 Å². The minimum Gasteiger partial charge on any atom is -0.314 e. The monoisotopic (exact) mass is 270 g/mol. The van der Waals surface area contributed by atoms with Crippen molar-refractivity contribution < 1.29 is 13.2 Å². The maximum absolute atomic E-state index is 13.9. The van der Waals surface area contributed by atoms with Crippen LogP contribution in [0.15, 0.2) is 24.8 Å². The van der Waals surface area contributed by atoms with Crippen LogP contribution in [0.2, 0.25) is 0 Å². The normalized spacial score (nSPS) is 18.3. The van der Waals surface area contributed by atoms with Crippen molar-refractivity contribution in [3.63, 3.8) is 0 Å². The number of nitrogens with one attached hydrogen (secondary N) is 1. The second-order valence-electron chi connectivity index (χ2n) is 4.62. The molecule has 1 aromatic rings. The van der Waals surface area contributed by atoms with Gasteiger partial charge in [-0.05, 0) is 12.5 Å². The number of nitrogens with zero attached hydrogens (tertiary/aromatic N) is 1. The Bertz CT molecular complexity index is 456. The van der Waals surface area contributed by atoms with Gasteiger partial charge < -0.3 is 5.32 Å². The van der Waals surface area contributed by atoms with E-state index in [0.717, 1.165) is 32.2 Å². The molecular formula is C14H17F3N2. The van der Waals surface area contributed by atoms with Gasteiger partial charge in [0.2, 0.25) is 0 Å². The number of halogens is 3. The van der Waals surface area contributed by atoms with Gasteiger partial charge in [-0.25, -0.2) is 13.2 Å². The highest BCUT2D eigenvalue weighted by Crippen LogP contribution is 2.29. The van der Waals surface area contributed by atoms with E-state index >= 15 is 0 Å². The van der Waals surface area contributed by atoms with E-state index in [-0.39, 0.29) is 11.6 Å². The number of piperazine rings is 1. The average molecular weight is 270 g/mol. The molecule has 0 amide bonds. The Morgan fingerprint density at radius 3 is 2.58 bits per heavy atom. The Labute approximate surface area is 110 Å². The maximum atomic E-state index is 13.9. The second-order valence-corrected chi connectivity index (χ2v) is 4.62. The van der Waals surface area contributed by atoms with Crippen molar-refractivity contribution in [3.05, 3.63) is 47.8 Å². The molecule has 5 heteroatoms. The van der Waals surface area contributed by atoms with Crippen LogP contribution in [0, 0.1) is 17.5 Å². The smallest absolute Gasteiger partial charge is 0.163 e. The van der Waals surface area contributed by atoms with E-state index in [1.807, 2.05) is 4.90 Å². The lowest BCUT2D eigenvalue weighted by molar-refractivity contribution is 0.170. The summed E-state index contributed by atoms with van der Waals surface area (Å²) in [6, 6.07) is 1.28. The van der Waals surface area contributed by atoms with Crippen LogP contribution in [0.25, 0.3) is 0 Å². The van der Waals surface area contributed by atoms with Gasteiger partial charge in [0, 0.05) is 43.9 Å². The minimum absolute atomic E-state index is 0.0688. The quantitative estimate of drug-likeness (QED) is 0.668. The minimum atomic E-state index is -1.14. The fourth-order valence-electron chi connectivity index (χ4n) is 2.44. The number of hydrogen-bond donors (Lipinski definition) is 1. The van der Waals surface area contributed by atoms with Crippen LogP contribution in [0.4, 0.5) is 13.2 Å². The molecule has 1 atom stereocenters. The summed E-state index contributed by atoms with van der Waals surface area (Å²) >= 11 is 0. The van der Waals surface area contributed by atoms with Gasteiger partial charge in [0.15, 0.2) is 11.6 Å². The second kappa shape index (κ2) is 6.21. The van der Waals surface area contributed by atoms with Crippen molar-refractivity contribution in [2.75, 3.05) is 26.2 Å². The zero-order valence-electron chi connectivity index (χ0n) is 10.6. The summed E-state index contributed by atoms with van der Waals surface area (Å²) in [5, 5.41) is 3.19. The molecule has 0 bridgehead atoms. The third-order valence-corrected chi connectivity index (χ3v) is 3.36. The molecule has 19 heavy (non-hydrogen) atoms. The van der Waals surface area contributed by atoms with Gasteiger partial charge in [0.25, 0.3) is 0 Å². The third-order valence-electron chi connectivity index (χ3n) is 3.36. The summed E-state index contributed by atoms with van der Waals surface area (Å²) in [5.74, 6) is -2.86. The summed E-state index contributed by atoms with van der Waals surface area (Å²) in [4.78, 5) is 2.02. The predicted molar refractivity (Wildman–Crippen MR) is 68.3 cm³/mol. The van der Waals surface area contributed by atoms with Gasteiger partial charge in [0.05, 0.1) is 0 Å². The highest BCUT2D eigenvalue weighted by atomic mass is 19.2. The molecule has 0 spiro atoms. The Kier molecular flexibility index (Phi) is 4.61. The summed E-state index contributed by atoms with van der Waals surface area (Å²) in [5.41, 5.74) is 0.0688. The third kappa shape index (κ3) is 3.16. The zero-order valence-corrected chi connectivity index (χ0v) is 10.6. The Balaban J connectivity index is 2.34. The number of rotatable bonds is 4. The van der Waals surface area contributed by atoms with Crippen LogP contribution in [0.3, 0.4) is 0 Å². The zero-order chi connectivity index (χ0) is 13.8. The molecule has 1 saturated heterocycles. The van der Waals surface area contributed by atoms with E-state index in [4.69, 9.17) is 0 Å². The lowest BCUT2D eigenvalue weighted by atomic mass is 10.00. The van der Waals surface area contributed by atoms with Gasteiger partial charge >= 0.3 is 0 Å². The molecule has 1 aliphatic rings. The number of benzene rings is 1. The first-order valence-corrected chi connectivity index (χ1v) is 6.33. The van der Waals surface area contributed by atoms with Crippen LogP contribution >= 0.6 is 0 Å². The van der Waals surface area contributed by atoms with Crippen LogP contribution in [-0.4, -0.2) is 31.1 Å². The summed E-state index contributed by atoms with van der Waals surface area (Å²) < 4.78 is 40.5. The molecule has 0 unspecified atom stereocenters. The van der Waals surface area contributed by atoms with Gasteiger partial charge in [0.1, 0.15) is 5.82 Å². The molecule has 1 fully saturated rings. The molecule has 1 aliphatic heterocycles. The molecule has 0 aliphatic carbocycles. The summed E-state index contributed by atoms with van der Waals surface area (Å²) in [6.45, 7) is 6.65. The maximum Gasteiger partial charge on any atom is 0.163 e. The summed E-state index contributed by atoms with van der Waals surface area (Å²) in [6.07, 6.45) is 2.11. The lowest BCUT2D eigenvalue weighted by Gasteiger charge is -2.35. The van der Waals surface area contributed by atoms with Crippen molar-refractivity contribution in [2.45, 2.75) is 12.5 Å².